The van der Waals surface area contributed by atoms with Crippen molar-refractivity contribution in [3.8, 4) is 61.8 Å². The van der Waals surface area contributed by atoms with Crippen LogP contribution in [-0.2, 0) is 0 Å². The van der Waals surface area contributed by atoms with Gasteiger partial charge in [0.25, 0.3) is 0 Å². The van der Waals surface area contributed by atoms with E-state index in [-0.39, 0.29) is 11.8 Å². The van der Waals surface area contributed by atoms with Gasteiger partial charge in [-0.1, -0.05) is 214 Å². The zero-order valence-electron chi connectivity index (χ0n) is 32.7. The van der Waals surface area contributed by atoms with Crippen molar-refractivity contribution in [3.63, 3.8) is 0 Å². The highest BCUT2D eigenvalue weighted by molar-refractivity contribution is 5.88. The standard InChI is InChI=1S/C56H42N2/c1-36(2)37-32-34-40(35-33-37)56-57-53(38-18-5-3-6-19-38)54(39-20-7-4-8-21-39)58(56)55-49(51-45-26-13-9-22-41(45)42-23-10-14-27-46(42)51)30-17-31-50(55)52-47-28-15-11-24-43(47)44-25-12-16-29-48(44)52/h3-36,51-52H,1-2H3. The van der Waals surface area contributed by atoms with Crippen LogP contribution < -0.4 is 0 Å². The van der Waals surface area contributed by atoms with E-state index in [4.69, 9.17) is 4.98 Å². The molecule has 276 valence electrons. The molecule has 1 heterocycles. The number of nitrogens with zero attached hydrogens (tertiary/aromatic N) is 2. The second-order valence-corrected chi connectivity index (χ2v) is 16.0. The average Bonchev–Trinajstić information content (AvgIpc) is 3.95. The first-order valence-corrected chi connectivity index (χ1v) is 20.5. The van der Waals surface area contributed by atoms with Crippen LogP contribution in [0.25, 0.3) is 61.8 Å². The Morgan fingerprint density at radius 3 is 1.22 bits per heavy atom. The van der Waals surface area contributed by atoms with Crippen LogP contribution in [0.4, 0.5) is 0 Å². The number of benzene rings is 8. The molecule has 2 aliphatic carbocycles. The van der Waals surface area contributed by atoms with E-state index in [2.05, 4.69) is 219 Å². The summed E-state index contributed by atoms with van der Waals surface area (Å²) < 4.78 is 2.54. The van der Waals surface area contributed by atoms with E-state index in [0.717, 1.165) is 33.9 Å². The molecule has 9 aromatic rings. The summed E-state index contributed by atoms with van der Waals surface area (Å²) in [6.45, 7) is 4.52. The number of para-hydroxylation sites is 1. The molecule has 0 N–H and O–H groups in total. The lowest BCUT2D eigenvalue weighted by atomic mass is 9.81. The molecule has 58 heavy (non-hydrogen) atoms. The number of aromatic nitrogens is 2. The Morgan fingerprint density at radius 2 is 0.776 bits per heavy atom. The molecule has 0 saturated carbocycles. The Kier molecular flexibility index (Phi) is 8.18. The lowest BCUT2D eigenvalue weighted by Crippen LogP contribution is -2.14. The van der Waals surface area contributed by atoms with Crippen molar-refractivity contribution in [1.29, 1.82) is 0 Å². The van der Waals surface area contributed by atoms with Gasteiger partial charge in [0.15, 0.2) is 0 Å². The van der Waals surface area contributed by atoms with Crippen molar-refractivity contribution in [1.82, 2.24) is 9.55 Å². The maximum Gasteiger partial charge on any atom is 0.145 e. The van der Waals surface area contributed by atoms with Gasteiger partial charge in [-0.3, -0.25) is 4.57 Å². The third-order valence-corrected chi connectivity index (χ3v) is 12.4. The topological polar surface area (TPSA) is 17.8 Å². The normalized spacial score (nSPS) is 13.0. The summed E-state index contributed by atoms with van der Waals surface area (Å²) in [5.41, 5.74) is 21.0. The largest absolute Gasteiger partial charge is 0.291 e. The molecule has 1 aromatic heterocycles. The van der Waals surface area contributed by atoms with Crippen LogP contribution >= 0.6 is 0 Å². The lowest BCUT2D eigenvalue weighted by molar-refractivity contribution is 0.866. The van der Waals surface area contributed by atoms with Crippen LogP contribution in [0.2, 0.25) is 0 Å². The minimum atomic E-state index is 0.0107. The van der Waals surface area contributed by atoms with E-state index in [1.54, 1.807) is 0 Å². The second-order valence-electron chi connectivity index (χ2n) is 16.0. The van der Waals surface area contributed by atoms with Crippen molar-refractivity contribution < 1.29 is 0 Å². The minimum absolute atomic E-state index is 0.0107. The summed E-state index contributed by atoms with van der Waals surface area (Å²) in [4.78, 5) is 5.75. The van der Waals surface area contributed by atoms with E-state index in [9.17, 15) is 0 Å². The van der Waals surface area contributed by atoms with Crippen molar-refractivity contribution in [2.24, 2.45) is 0 Å². The molecule has 11 rings (SSSR count). The zero-order valence-corrected chi connectivity index (χ0v) is 32.7. The minimum Gasteiger partial charge on any atom is -0.291 e. The Balaban J connectivity index is 1.31. The van der Waals surface area contributed by atoms with Crippen molar-refractivity contribution >= 4 is 0 Å². The Bertz CT molecular complexity index is 2770. The smallest absolute Gasteiger partial charge is 0.145 e. The van der Waals surface area contributed by atoms with Crippen LogP contribution in [0.5, 0.6) is 0 Å². The fraction of sp³-hybridized carbons (Fsp3) is 0.0893. The summed E-state index contributed by atoms with van der Waals surface area (Å²) in [6, 6.07) is 73.9. The predicted octanol–water partition coefficient (Wildman–Crippen LogP) is 14.3. The van der Waals surface area contributed by atoms with Gasteiger partial charge in [-0.15, -0.1) is 0 Å². The van der Waals surface area contributed by atoms with Crippen molar-refractivity contribution in [3.05, 3.63) is 239 Å². The number of hydrogen-bond acceptors (Lipinski definition) is 1. The predicted molar refractivity (Wildman–Crippen MR) is 240 cm³/mol. The molecule has 0 amide bonds. The van der Waals surface area contributed by atoms with Crippen molar-refractivity contribution in [2.45, 2.75) is 31.6 Å². The maximum atomic E-state index is 5.75. The van der Waals surface area contributed by atoms with Crippen LogP contribution in [-0.4, -0.2) is 9.55 Å². The van der Waals surface area contributed by atoms with Crippen LogP contribution in [0, 0.1) is 0 Å². The first-order chi connectivity index (χ1) is 28.7. The number of hydrogen-bond donors (Lipinski definition) is 0. The lowest BCUT2D eigenvalue weighted by Gasteiger charge is -2.28. The van der Waals surface area contributed by atoms with Gasteiger partial charge in [0.2, 0.25) is 0 Å². The molecule has 0 unspecified atom stereocenters. The molecule has 0 fully saturated rings. The van der Waals surface area contributed by atoms with Gasteiger partial charge in [-0.25, -0.2) is 4.98 Å². The quantitative estimate of drug-likeness (QED) is 0.159. The molecule has 0 bridgehead atoms. The third-order valence-electron chi connectivity index (χ3n) is 12.4. The van der Waals surface area contributed by atoms with E-state index < -0.39 is 0 Å². The highest BCUT2D eigenvalue weighted by Crippen LogP contribution is 2.55. The van der Waals surface area contributed by atoms with E-state index in [0.29, 0.717) is 5.92 Å². The Hall–Kier alpha value is -7.03. The highest BCUT2D eigenvalue weighted by atomic mass is 15.1. The van der Waals surface area contributed by atoms with E-state index in [1.165, 1.54) is 66.9 Å². The Labute approximate surface area is 340 Å². The first kappa shape index (κ1) is 34.2. The van der Waals surface area contributed by atoms with E-state index in [1.807, 2.05) is 0 Å². The highest BCUT2D eigenvalue weighted by Gasteiger charge is 2.38. The fourth-order valence-corrected chi connectivity index (χ4v) is 9.79. The van der Waals surface area contributed by atoms with Crippen LogP contribution in [0.15, 0.2) is 200 Å². The van der Waals surface area contributed by atoms with Gasteiger partial charge in [0.05, 0.1) is 17.1 Å². The molecule has 2 aliphatic rings. The first-order valence-electron chi connectivity index (χ1n) is 20.5. The Morgan fingerprint density at radius 1 is 0.379 bits per heavy atom. The van der Waals surface area contributed by atoms with E-state index >= 15 is 0 Å². The molecule has 2 nitrogen and oxygen atoms in total. The molecule has 0 saturated heterocycles. The molecule has 0 atom stereocenters. The number of rotatable bonds is 7. The molecular formula is C56H42N2. The van der Waals surface area contributed by atoms with Crippen LogP contribution in [0.1, 0.15) is 70.5 Å². The third kappa shape index (κ3) is 5.36. The average molecular weight is 743 g/mol. The molecule has 0 radical (unpaired) electrons. The fourth-order valence-electron chi connectivity index (χ4n) is 9.79. The van der Waals surface area contributed by atoms with Gasteiger partial charge in [-0.2, -0.15) is 0 Å². The second kappa shape index (κ2) is 13.9. The molecule has 0 spiro atoms. The van der Waals surface area contributed by atoms with Gasteiger partial charge in [0.1, 0.15) is 5.82 Å². The van der Waals surface area contributed by atoms with Gasteiger partial charge >= 0.3 is 0 Å². The zero-order chi connectivity index (χ0) is 38.7. The molecule has 0 aliphatic heterocycles. The summed E-state index contributed by atoms with van der Waals surface area (Å²) >= 11 is 0. The van der Waals surface area contributed by atoms with Crippen molar-refractivity contribution in [2.75, 3.05) is 0 Å². The SMILES string of the molecule is CC(C)c1ccc(-c2nc(-c3ccccc3)c(-c3ccccc3)n2-c2c(C3c4ccccc4-c4ccccc43)cccc2C2c3ccccc3-c3ccccc32)cc1. The molecule has 2 heteroatoms. The summed E-state index contributed by atoms with van der Waals surface area (Å²) in [7, 11) is 0. The maximum absolute atomic E-state index is 5.75. The number of fused-ring (bicyclic) bond motifs is 6. The monoisotopic (exact) mass is 742 g/mol. The molecular weight excluding hydrogens is 701 g/mol. The summed E-state index contributed by atoms with van der Waals surface area (Å²) in [5, 5.41) is 0. The van der Waals surface area contributed by atoms with Gasteiger partial charge in [-0.05, 0) is 67.1 Å². The number of imidazole rings is 1. The summed E-state index contributed by atoms with van der Waals surface area (Å²) in [6.07, 6.45) is 0. The molecule has 8 aromatic carbocycles. The van der Waals surface area contributed by atoms with Gasteiger partial charge in [0, 0.05) is 28.5 Å². The van der Waals surface area contributed by atoms with Gasteiger partial charge < -0.3 is 0 Å². The van der Waals surface area contributed by atoms with Crippen LogP contribution in [0.3, 0.4) is 0 Å². The summed E-state index contributed by atoms with van der Waals surface area (Å²) in [5.74, 6) is 1.37.